The topological polar surface area (TPSA) is 59.6 Å². The summed E-state index contributed by atoms with van der Waals surface area (Å²) in [5, 5.41) is 6.36. The van der Waals surface area contributed by atoms with Crippen LogP contribution in [0.1, 0.15) is 12.0 Å². The fraction of sp³-hybridized carbons (Fsp3) is 0.350. The second-order valence-corrected chi connectivity index (χ2v) is 7.25. The van der Waals surface area contributed by atoms with E-state index in [4.69, 9.17) is 9.47 Å². The van der Waals surface area contributed by atoms with Gasteiger partial charge < -0.3 is 20.1 Å². The van der Waals surface area contributed by atoms with Crippen molar-refractivity contribution in [1.29, 1.82) is 0 Å². The normalized spacial score (nSPS) is 16.7. The molecule has 1 amide bonds. The fourth-order valence-electron chi connectivity index (χ4n) is 2.75. The van der Waals surface area contributed by atoms with Crippen molar-refractivity contribution in [2.45, 2.75) is 19.0 Å². The molecule has 0 bridgehead atoms. The molecule has 0 saturated carbocycles. The molecule has 1 fully saturated rings. The number of para-hydroxylation sites is 2. The average Bonchev–Trinajstić information content (AvgIpc) is 2.69. The number of ether oxygens (including phenoxy) is 2. The maximum atomic E-state index is 12.1. The monoisotopic (exact) mass is 372 g/mol. The highest BCUT2D eigenvalue weighted by Gasteiger charge is 2.16. The zero-order valence-corrected chi connectivity index (χ0v) is 15.7. The van der Waals surface area contributed by atoms with Crippen molar-refractivity contribution in [2.75, 3.05) is 25.2 Å². The van der Waals surface area contributed by atoms with E-state index < -0.39 is 0 Å². The molecule has 5 nitrogen and oxygen atoms in total. The Labute approximate surface area is 158 Å². The summed E-state index contributed by atoms with van der Waals surface area (Å²) in [6.07, 6.45) is 0.530. The third kappa shape index (κ3) is 5.41. The number of carbonyl (C=O) groups excluding carboxylic acids is 1. The molecule has 1 aliphatic heterocycles. The lowest BCUT2D eigenvalue weighted by molar-refractivity contribution is -0.121. The van der Waals surface area contributed by atoms with Gasteiger partial charge in [0.15, 0.2) is 11.5 Å². The van der Waals surface area contributed by atoms with Crippen molar-refractivity contribution in [3.05, 3.63) is 54.1 Å². The summed E-state index contributed by atoms with van der Waals surface area (Å²) in [6.45, 7) is 1.50. The zero-order valence-electron chi connectivity index (χ0n) is 14.9. The molecule has 2 aromatic rings. The highest BCUT2D eigenvalue weighted by Crippen LogP contribution is 2.30. The van der Waals surface area contributed by atoms with Crippen LogP contribution in [0.4, 0.5) is 0 Å². The number of amides is 1. The van der Waals surface area contributed by atoms with Crippen LogP contribution in [0.3, 0.4) is 0 Å². The number of nitrogens with one attached hydrogen (secondary N) is 2. The van der Waals surface area contributed by atoms with Gasteiger partial charge in [0.1, 0.15) is 5.75 Å². The molecule has 6 heteroatoms. The van der Waals surface area contributed by atoms with Crippen molar-refractivity contribution >= 4 is 17.7 Å². The van der Waals surface area contributed by atoms with Crippen LogP contribution in [-0.4, -0.2) is 37.1 Å². The van der Waals surface area contributed by atoms with Crippen LogP contribution in [0.5, 0.6) is 17.2 Å². The second-order valence-electron chi connectivity index (χ2n) is 6.10. The Kier molecular flexibility index (Phi) is 6.80. The number of methoxy groups -OCH3 is 1. The molecule has 0 aromatic heterocycles. The summed E-state index contributed by atoms with van der Waals surface area (Å²) in [5.41, 5.74) is 1.04. The molecule has 1 aliphatic rings. The Morgan fingerprint density at radius 1 is 1.19 bits per heavy atom. The van der Waals surface area contributed by atoms with E-state index in [1.807, 2.05) is 60.3 Å². The number of rotatable bonds is 7. The lowest BCUT2D eigenvalue weighted by Crippen LogP contribution is -2.41. The summed E-state index contributed by atoms with van der Waals surface area (Å²) in [5.74, 6) is 4.31. The van der Waals surface area contributed by atoms with Crippen molar-refractivity contribution in [3.8, 4) is 17.2 Å². The van der Waals surface area contributed by atoms with Crippen LogP contribution in [-0.2, 0) is 11.3 Å². The summed E-state index contributed by atoms with van der Waals surface area (Å²) < 4.78 is 11.1. The summed E-state index contributed by atoms with van der Waals surface area (Å²) in [6, 6.07) is 15.5. The Morgan fingerprint density at radius 2 is 1.96 bits per heavy atom. The van der Waals surface area contributed by atoms with Crippen molar-refractivity contribution in [1.82, 2.24) is 10.6 Å². The van der Waals surface area contributed by atoms with Gasteiger partial charge in [0.2, 0.25) is 5.91 Å². The maximum Gasteiger partial charge on any atom is 0.221 e. The van der Waals surface area contributed by atoms with Gasteiger partial charge in [-0.3, -0.25) is 4.79 Å². The maximum absolute atomic E-state index is 12.1. The summed E-state index contributed by atoms with van der Waals surface area (Å²) in [4.78, 5) is 12.1. The Bertz CT molecular complexity index is 715. The lowest BCUT2D eigenvalue weighted by atomic mass is 10.2. The van der Waals surface area contributed by atoms with Crippen LogP contribution >= 0.6 is 11.8 Å². The van der Waals surface area contributed by atoms with Crippen LogP contribution < -0.4 is 20.1 Å². The highest BCUT2D eigenvalue weighted by molar-refractivity contribution is 7.99. The molecule has 0 spiro atoms. The lowest BCUT2D eigenvalue weighted by Gasteiger charge is -2.22. The van der Waals surface area contributed by atoms with E-state index in [0.717, 1.165) is 29.4 Å². The van der Waals surface area contributed by atoms with E-state index in [2.05, 4.69) is 10.6 Å². The molecule has 1 unspecified atom stereocenters. The standard InChI is InChI=1S/C20H24N2O3S/c1-24-18-4-2-3-5-19(18)25-17-8-6-15(7-9-17)13-22-20(23)12-16-14-26-11-10-21-16/h2-9,16,21H,10-14H2,1H3,(H,22,23). The quantitative estimate of drug-likeness (QED) is 0.782. The molecule has 2 aromatic carbocycles. The molecule has 3 rings (SSSR count). The van der Waals surface area contributed by atoms with Crippen LogP contribution in [0.25, 0.3) is 0 Å². The first-order valence-corrected chi connectivity index (χ1v) is 9.87. The fourth-order valence-corrected chi connectivity index (χ4v) is 3.70. The zero-order chi connectivity index (χ0) is 18.2. The molecule has 2 N–H and O–H groups in total. The largest absolute Gasteiger partial charge is 0.493 e. The van der Waals surface area contributed by atoms with Gasteiger partial charge in [-0.1, -0.05) is 24.3 Å². The highest BCUT2D eigenvalue weighted by atomic mass is 32.2. The molecule has 138 valence electrons. The van der Waals surface area contributed by atoms with E-state index in [-0.39, 0.29) is 11.9 Å². The second kappa shape index (κ2) is 9.50. The molecular formula is C20H24N2O3S. The van der Waals surface area contributed by atoms with E-state index in [1.54, 1.807) is 7.11 Å². The Morgan fingerprint density at radius 3 is 2.65 bits per heavy atom. The molecule has 26 heavy (non-hydrogen) atoms. The minimum absolute atomic E-state index is 0.0827. The summed E-state index contributed by atoms with van der Waals surface area (Å²) in [7, 11) is 1.62. The SMILES string of the molecule is COc1ccccc1Oc1ccc(CNC(=O)CC2CSCCN2)cc1. The molecule has 0 radical (unpaired) electrons. The minimum Gasteiger partial charge on any atom is -0.493 e. The molecule has 1 saturated heterocycles. The Balaban J connectivity index is 1.49. The minimum atomic E-state index is 0.0827. The van der Waals surface area contributed by atoms with Gasteiger partial charge in [-0.2, -0.15) is 11.8 Å². The molecule has 1 heterocycles. The average molecular weight is 372 g/mol. The van der Waals surface area contributed by atoms with Crippen molar-refractivity contribution in [3.63, 3.8) is 0 Å². The van der Waals surface area contributed by atoms with Gasteiger partial charge in [0.25, 0.3) is 0 Å². The summed E-state index contributed by atoms with van der Waals surface area (Å²) >= 11 is 1.90. The predicted octanol–water partition coefficient (Wildman–Crippen LogP) is 3.20. The number of carbonyl (C=O) groups is 1. The Hall–Kier alpha value is -2.18. The predicted molar refractivity (Wildman–Crippen MR) is 105 cm³/mol. The van der Waals surface area contributed by atoms with Gasteiger partial charge in [-0.05, 0) is 29.8 Å². The van der Waals surface area contributed by atoms with E-state index >= 15 is 0 Å². The number of thioether (sulfide) groups is 1. The van der Waals surface area contributed by atoms with Crippen LogP contribution in [0.15, 0.2) is 48.5 Å². The van der Waals surface area contributed by atoms with Crippen molar-refractivity contribution < 1.29 is 14.3 Å². The first-order chi connectivity index (χ1) is 12.7. The molecular weight excluding hydrogens is 348 g/mol. The third-order valence-corrected chi connectivity index (χ3v) is 5.27. The number of hydrogen-bond donors (Lipinski definition) is 2. The van der Waals surface area contributed by atoms with E-state index in [0.29, 0.717) is 24.5 Å². The molecule has 0 aliphatic carbocycles. The van der Waals surface area contributed by atoms with E-state index in [9.17, 15) is 4.79 Å². The van der Waals surface area contributed by atoms with Gasteiger partial charge in [-0.25, -0.2) is 0 Å². The third-order valence-electron chi connectivity index (χ3n) is 4.14. The number of hydrogen-bond acceptors (Lipinski definition) is 5. The van der Waals surface area contributed by atoms with Crippen LogP contribution in [0, 0.1) is 0 Å². The van der Waals surface area contributed by atoms with Crippen LogP contribution in [0.2, 0.25) is 0 Å². The smallest absolute Gasteiger partial charge is 0.221 e. The first kappa shape index (κ1) is 18.6. The van der Waals surface area contributed by atoms with Gasteiger partial charge in [0.05, 0.1) is 7.11 Å². The van der Waals surface area contributed by atoms with E-state index in [1.165, 1.54) is 0 Å². The first-order valence-electron chi connectivity index (χ1n) is 8.72. The van der Waals surface area contributed by atoms with Gasteiger partial charge >= 0.3 is 0 Å². The van der Waals surface area contributed by atoms with Gasteiger partial charge in [0, 0.05) is 37.1 Å². The van der Waals surface area contributed by atoms with Crippen molar-refractivity contribution in [2.24, 2.45) is 0 Å². The van der Waals surface area contributed by atoms with Gasteiger partial charge in [-0.15, -0.1) is 0 Å². The molecule has 1 atom stereocenters. The number of benzene rings is 2.